The standard InChI is InChI=1S/C25H20F3N3O4/c1-12-4-19(27)17(20(28)5-12)8-29-24(34)18-11-31-16-7-13-2-3-15(26)6-14(13)9-30(10-16)25(35)21(31)23(33)22(18)32/h2-6,11,16,33H,7-10H2,1H3,(H,29,34). The van der Waals surface area contributed by atoms with Crippen molar-refractivity contribution in [2.45, 2.75) is 32.5 Å². The van der Waals surface area contributed by atoms with Crippen LogP contribution in [0.2, 0.25) is 0 Å². The normalized spacial score (nSPS) is 16.4. The predicted molar refractivity (Wildman–Crippen MR) is 119 cm³/mol. The van der Waals surface area contributed by atoms with E-state index in [0.29, 0.717) is 17.5 Å². The minimum absolute atomic E-state index is 0.117. The zero-order valence-electron chi connectivity index (χ0n) is 18.6. The van der Waals surface area contributed by atoms with E-state index in [2.05, 4.69) is 5.32 Å². The molecule has 7 nitrogen and oxygen atoms in total. The molecule has 0 spiro atoms. The quantitative estimate of drug-likeness (QED) is 0.599. The predicted octanol–water partition coefficient (Wildman–Crippen LogP) is 2.96. The van der Waals surface area contributed by atoms with Crippen LogP contribution < -0.4 is 10.7 Å². The second kappa shape index (κ2) is 8.30. The van der Waals surface area contributed by atoms with Gasteiger partial charge in [0.05, 0.1) is 6.04 Å². The van der Waals surface area contributed by atoms with Crippen LogP contribution in [-0.2, 0) is 19.5 Å². The summed E-state index contributed by atoms with van der Waals surface area (Å²) < 4.78 is 43.4. The van der Waals surface area contributed by atoms with Crippen LogP contribution >= 0.6 is 0 Å². The van der Waals surface area contributed by atoms with Crippen molar-refractivity contribution >= 4 is 11.8 Å². The molecule has 0 saturated heterocycles. The van der Waals surface area contributed by atoms with Crippen LogP contribution in [0.3, 0.4) is 0 Å². The molecule has 2 amide bonds. The summed E-state index contributed by atoms with van der Waals surface area (Å²) in [7, 11) is 0. The Hall–Kier alpha value is -4.08. The first-order valence-electron chi connectivity index (χ1n) is 10.9. The van der Waals surface area contributed by atoms with Gasteiger partial charge in [0.15, 0.2) is 11.4 Å². The van der Waals surface area contributed by atoms with Gasteiger partial charge in [0.1, 0.15) is 23.0 Å². The highest BCUT2D eigenvalue weighted by Crippen LogP contribution is 2.33. The number of carbonyl (C=O) groups excluding carboxylic acids is 2. The maximum atomic E-state index is 14.1. The van der Waals surface area contributed by atoms with E-state index in [1.54, 1.807) is 6.07 Å². The Morgan fingerprint density at radius 3 is 2.54 bits per heavy atom. The molecule has 1 atom stereocenters. The summed E-state index contributed by atoms with van der Waals surface area (Å²) in [5.41, 5.74) is -0.375. The van der Waals surface area contributed by atoms with Crippen LogP contribution in [-0.4, -0.2) is 32.9 Å². The Morgan fingerprint density at radius 2 is 1.83 bits per heavy atom. The van der Waals surface area contributed by atoms with E-state index >= 15 is 0 Å². The molecule has 1 aromatic heterocycles. The average molecular weight is 483 g/mol. The van der Waals surface area contributed by atoms with Crippen molar-refractivity contribution in [1.29, 1.82) is 0 Å². The van der Waals surface area contributed by atoms with Crippen molar-refractivity contribution in [3.8, 4) is 5.75 Å². The minimum atomic E-state index is -1.07. The average Bonchev–Trinajstić information content (AvgIpc) is 2.96. The maximum absolute atomic E-state index is 14.1. The van der Waals surface area contributed by atoms with Gasteiger partial charge in [-0.15, -0.1) is 0 Å². The molecule has 180 valence electrons. The topological polar surface area (TPSA) is 91.6 Å². The lowest BCUT2D eigenvalue weighted by Crippen LogP contribution is -2.44. The minimum Gasteiger partial charge on any atom is -0.503 e. The number of pyridine rings is 1. The number of benzene rings is 2. The molecule has 0 fully saturated rings. The van der Waals surface area contributed by atoms with E-state index in [1.165, 1.54) is 34.7 Å². The molecule has 3 heterocycles. The fraction of sp³-hybridized carbons (Fsp3) is 0.240. The van der Waals surface area contributed by atoms with Gasteiger partial charge in [-0.25, -0.2) is 13.2 Å². The molecule has 2 aliphatic heterocycles. The van der Waals surface area contributed by atoms with Crippen molar-refractivity contribution in [3.05, 3.63) is 97.7 Å². The lowest BCUT2D eigenvalue weighted by Gasteiger charge is -2.34. The van der Waals surface area contributed by atoms with Crippen molar-refractivity contribution in [1.82, 2.24) is 14.8 Å². The van der Waals surface area contributed by atoms with Gasteiger partial charge in [-0.2, -0.15) is 0 Å². The van der Waals surface area contributed by atoms with Gasteiger partial charge in [-0.1, -0.05) is 6.07 Å². The third kappa shape index (κ3) is 3.84. The summed E-state index contributed by atoms with van der Waals surface area (Å²) in [6.07, 6.45) is 1.55. The number of halogens is 3. The maximum Gasteiger partial charge on any atom is 0.274 e. The van der Waals surface area contributed by atoms with Gasteiger partial charge in [-0.05, 0) is 54.3 Å². The lowest BCUT2D eigenvalue weighted by molar-refractivity contribution is 0.0653. The molecule has 35 heavy (non-hydrogen) atoms. The number of aromatic nitrogens is 1. The number of nitrogens with zero attached hydrogens (tertiary/aromatic N) is 2. The number of aromatic hydroxyl groups is 1. The van der Waals surface area contributed by atoms with E-state index in [0.717, 1.165) is 17.7 Å². The van der Waals surface area contributed by atoms with E-state index in [-0.39, 0.29) is 24.3 Å². The van der Waals surface area contributed by atoms with Crippen LogP contribution in [0.25, 0.3) is 0 Å². The number of nitrogens with one attached hydrogen (secondary N) is 1. The molecular formula is C25H20F3N3O4. The van der Waals surface area contributed by atoms with Gasteiger partial charge in [0.2, 0.25) is 5.43 Å². The van der Waals surface area contributed by atoms with Gasteiger partial charge in [0, 0.05) is 31.4 Å². The van der Waals surface area contributed by atoms with Crippen LogP contribution in [0.4, 0.5) is 13.2 Å². The van der Waals surface area contributed by atoms with Gasteiger partial charge in [0.25, 0.3) is 11.8 Å². The summed E-state index contributed by atoms with van der Waals surface area (Å²) in [6.45, 7) is 1.35. The first-order chi connectivity index (χ1) is 16.6. The molecular weight excluding hydrogens is 463 g/mol. The third-order valence-corrected chi connectivity index (χ3v) is 6.47. The van der Waals surface area contributed by atoms with Crippen LogP contribution in [0.1, 0.15) is 49.1 Å². The molecule has 0 aliphatic carbocycles. The van der Waals surface area contributed by atoms with Crippen LogP contribution in [0.5, 0.6) is 5.75 Å². The number of hydrogen-bond donors (Lipinski definition) is 2. The number of amides is 2. The number of aryl methyl sites for hydroxylation is 1. The zero-order chi connectivity index (χ0) is 25.0. The number of fused-ring (bicyclic) bond motifs is 5. The van der Waals surface area contributed by atoms with Crippen molar-refractivity contribution in [2.24, 2.45) is 0 Å². The van der Waals surface area contributed by atoms with Crippen molar-refractivity contribution < 1.29 is 27.9 Å². The van der Waals surface area contributed by atoms with Crippen molar-refractivity contribution in [3.63, 3.8) is 0 Å². The Bertz CT molecular complexity index is 1440. The molecule has 0 saturated carbocycles. The molecule has 2 aliphatic rings. The molecule has 2 bridgehead atoms. The number of rotatable bonds is 3. The number of hydrogen-bond acceptors (Lipinski definition) is 4. The Labute approximate surface area is 197 Å². The monoisotopic (exact) mass is 483 g/mol. The number of carbonyl (C=O) groups is 2. The molecule has 5 rings (SSSR count). The largest absolute Gasteiger partial charge is 0.503 e. The Morgan fingerprint density at radius 1 is 1.11 bits per heavy atom. The molecule has 0 radical (unpaired) electrons. The first-order valence-corrected chi connectivity index (χ1v) is 10.9. The zero-order valence-corrected chi connectivity index (χ0v) is 18.6. The van der Waals surface area contributed by atoms with Gasteiger partial charge in [-0.3, -0.25) is 14.4 Å². The second-order valence-electron chi connectivity index (χ2n) is 8.82. The summed E-state index contributed by atoms with van der Waals surface area (Å²) in [4.78, 5) is 40.1. The lowest BCUT2D eigenvalue weighted by atomic mass is 10.0. The second-order valence-corrected chi connectivity index (χ2v) is 8.82. The van der Waals surface area contributed by atoms with E-state index in [4.69, 9.17) is 0 Å². The third-order valence-electron chi connectivity index (χ3n) is 6.47. The Kier molecular flexibility index (Phi) is 5.38. The van der Waals surface area contributed by atoms with E-state index in [1.807, 2.05) is 0 Å². The molecule has 3 aromatic rings. The molecule has 1 unspecified atom stereocenters. The highest BCUT2D eigenvalue weighted by atomic mass is 19.1. The summed E-state index contributed by atoms with van der Waals surface area (Å²) in [5.74, 6) is -4.58. The summed E-state index contributed by atoms with van der Waals surface area (Å²) in [5, 5.41) is 12.9. The fourth-order valence-corrected chi connectivity index (χ4v) is 4.72. The fourth-order valence-electron chi connectivity index (χ4n) is 4.72. The van der Waals surface area contributed by atoms with E-state index in [9.17, 15) is 32.7 Å². The van der Waals surface area contributed by atoms with E-state index < -0.39 is 58.6 Å². The Balaban J connectivity index is 1.51. The SMILES string of the molecule is Cc1cc(F)c(CNC(=O)c2cn3c(c(O)c2=O)C(=O)N2Cc4cc(F)ccc4CC3C2)c(F)c1. The summed E-state index contributed by atoms with van der Waals surface area (Å²) >= 11 is 0. The highest BCUT2D eigenvalue weighted by molar-refractivity contribution is 5.99. The van der Waals surface area contributed by atoms with Gasteiger partial charge < -0.3 is 19.9 Å². The van der Waals surface area contributed by atoms with Crippen molar-refractivity contribution in [2.75, 3.05) is 6.54 Å². The smallest absolute Gasteiger partial charge is 0.274 e. The molecule has 2 N–H and O–H groups in total. The van der Waals surface area contributed by atoms with Crippen LogP contribution in [0.15, 0.2) is 41.3 Å². The first kappa shape index (κ1) is 22.7. The van der Waals surface area contributed by atoms with Gasteiger partial charge >= 0.3 is 0 Å². The molecule has 2 aromatic carbocycles. The highest BCUT2D eigenvalue weighted by Gasteiger charge is 2.37. The van der Waals surface area contributed by atoms with Crippen LogP contribution in [0, 0.1) is 24.4 Å². The summed E-state index contributed by atoms with van der Waals surface area (Å²) in [6, 6.07) is 6.10. The molecule has 10 heteroatoms.